The van der Waals surface area contributed by atoms with Gasteiger partial charge in [-0.25, -0.2) is 4.98 Å². The summed E-state index contributed by atoms with van der Waals surface area (Å²) < 4.78 is 2.01. The Morgan fingerprint density at radius 1 is 1.27 bits per heavy atom. The molecule has 1 aromatic heterocycles. The van der Waals surface area contributed by atoms with Crippen LogP contribution in [0.4, 0.5) is 11.6 Å². The normalized spacial score (nSPS) is 10.3. The van der Waals surface area contributed by atoms with Gasteiger partial charge in [0, 0.05) is 32.2 Å². The average Bonchev–Trinajstić information content (AvgIpc) is 2.64. The molecule has 0 atom stereocenters. The fraction of sp³-hybridized carbons (Fsp3) is 0.250. The van der Waals surface area contributed by atoms with E-state index in [9.17, 15) is 0 Å². The SMILES string of the molecule is Cc1ccccc1N(C)c1nccn1C. The molecule has 0 aliphatic carbocycles. The zero-order valence-electron chi connectivity index (χ0n) is 9.31. The van der Waals surface area contributed by atoms with E-state index in [-0.39, 0.29) is 0 Å². The molecule has 15 heavy (non-hydrogen) atoms. The van der Waals surface area contributed by atoms with Crippen LogP contribution in [0.5, 0.6) is 0 Å². The highest BCUT2D eigenvalue weighted by molar-refractivity contribution is 5.60. The Balaban J connectivity index is 2.41. The van der Waals surface area contributed by atoms with E-state index in [2.05, 4.69) is 28.9 Å². The second-order valence-corrected chi connectivity index (χ2v) is 3.68. The number of hydrogen-bond donors (Lipinski definition) is 0. The third-order valence-electron chi connectivity index (χ3n) is 2.57. The van der Waals surface area contributed by atoms with Gasteiger partial charge in [-0.15, -0.1) is 0 Å². The molecule has 3 heteroatoms. The van der Waals surface area contributed by atoms with Crippen LogP contribution in [0.2, 0.25) is 0 Å². The van der Waals surface area contributed by atoms with Crippen LogP contribution >= 0.6 is 0 Å². The maximum absolute atomic E-state index is 4.32. The van der Waals surface area contributed by atoms with Crippen LogP contribution in [-0.4, -0.2) is 16.6 Å². The second kappa shape index (κ2) is 3.77. The molecule has 0 bridgehead atoms. The molecule has 78 valence electrons. The first-order valence-electron chi connectivity index (χ1n) is 4.97. The molecule has 3 nitrogen and oxygen atoms in total. The molecule has 0 amide bonds. The summed E-state index contributed by atoms with van der Waals surface area (Å²) in [5, 5.41) is 0. The van der Waals surface area contributed by atoms with E-state index in [0.29, 0.717) is 0 Å². The topological polar surface area (TPSA) is 21.1 Å². The van der Waals surface area contributed by atoms with Crippen molar-refractivity contribution in [2.24, 2.45) is 7.05 Å². The lowest BCUT2D eigenvalue weighted by atomic mass is 10.2. The largest absolute Gasteiger partial charge is 0.320 e. The van der Waals surface area contributed by atoms with Gasteiger partial charge < -0.3 is 9.47 Å². The highest BCUT2D eigenvalue weighted by Gasteiger charge is 2.09. The lowest BCUT2D eigenvalue weighted by Gasteiger charge is -2.20. The van der Waals surface area contributed by atoms with E-state index in [4.69, 9.17) is 0 Å². The molecule has 2 aromatic rings. The van der Waals surface area contributed by atoms with Crippen molar-refractivity contribution in [3.05, 3.63) is 42.2 Å². The number of nitrogens with zero attached hydrogens (tertiary/aromatic N) is 3. The van der Waals surface area contributed by atoms with Gasteiger partial charge >= 0.3 is 0 Å². The van der Waals surface area contributed by atoms with Gasteiger partial charge in [0.1, 0.15) is 0 Å². The van der Waals surface area contributed by atoms with Crippen molar-refractivity contribution in [2.45, 2.75) is 6.92 Å². The molecular weight excluding hydrogens is 186 g/mol. The Morgan fingerprint density at radius 3 is 2.60 bits per heavy atom. The first-order chi connectivity index (χ1) is 7.20. The highest BCUT2D eigenvalue weighted by Crippen LogP contribution is 2.24. The van der Waals surface area contributed by atoms with Gasteiger partial charge in [0.15, 0.2) is 0 Å². The van der Waals surface area contributed by atoms with Crippen molar-refractivity contribution >= 4 is 11.6 Å². The number of benzene rings is 1. The molecule has 2 rings (SSSR count). The molecule has 0 aliphatic heterocycles. The van der Waals surface area contributed by atoms with E-state index in [1.165, 1.54) is 11.3 Å². The van der Waals surface area contributed by atoms with E-state index >= 15 is 0 Å². The number of aromatic nitrogens is 2. The Morgan fingerprint density at radius 2 is 2.00 bits per heavy atom. The Labute approximate surface area is 90.0 Å². The van der Waals surface area contributed by atoms with Crippen LogP contribution in [0.3, 0.4) is 0 Å². The summed E-state index contributed by atoms with van der Waals surface area (Å²) >= 11 is 0. The first kappa shape index (κ1) is 9.77. The maximum atomic E-state index is 4.32. The molecule has 0 N–H and O–H groups in total. The quantitative estimate of drug-likeness (QED) is 0.744. The lowest BCUT2D eigenvalue weighted by molar-refractivity contribution is 0.882. The summed E-state index contributed by atoms with van der Waals surface area (Å²) in [7, 11) is 4.03. The standard InChI is InChI=1S/C12H15N3/c1-10-6-4-5-7-11(10)15(3)12-13-8-9-14(12)2/h4-9H,1-3H3. The van der Waals surface area contributed by atoms with Crippen LogP contribution in [0.1, 0.15) is 5.56 Å². The molecule has 0 spiro atoms. The van der Waals surface area contributed by atoms with Crippen molar-refractivity contribution in [1.82, 2.24) is 9.55 Å². The van der Waals surface area contributed by atoms with E-state index in [1.807, 2.05) is 43.2 Å². The molecule has 0 saturated carbocycles. The molecule has 1 heterocycles. The van der Waals surface area contributed by atoms with Gasteiger partial charge in [0.2, 0.25) is 5.95 Å². The van der Waals surface area contributed by atoms with Crippen LogP contribution in [0, 0.1) is 6.92 Å². The molecule has 0 fully saturated rings. The summed E-state index contributed by atoms with van der Waals surface area (Å²) in [6, 6.07) is 8.30. The lowest BCUT2D eigenvalue weighted by Crippen LogP contribution is -2.15. The van der Waals surface area contributed by atoms with Gasteiger partial charge in [0.05, 0.1) is 0 Å². The molecule has 0 unspecified atom stereocenters. The Kier molecular flexibility index (Phi) is 2.46. The minimum atomic E-state index is 0.948. The smallest absolute Gasteiger partial charge is 0.209 e. The Bertz CT molecular complexity index is 459. The summed E-state index contributed by atoms with van der Waals surface area (Å²) in [5.74, 6) is 0.948. The van der Waals surface area contributed by atoms with Gasteiger partial charge in [-0.2, -0.15) is 0 Å². The summed E-state index contributed by atoms with van der Waals surface area (Å²) in [5.41, 5.74) is 2.44. The zero-order valence-corrected chi connectivity index (χ0v) is 9.31. The zero-order chi connectivity index (χ0) is 10.8. The third kappa shape index (κ3) is 1.73. The van der Waals surface area contributed by atoms with Crippen molar-refractivity contribution in [1.29, 1.82) is 0 Å². The van der Waals surface area contributed by atoms with Crippen LogP contribution < -0.4 is 4.90 Å². The Hall–Kier alpha value is -1.77. The van der Waals surface area contributed by atoms with Gasteiger partial charge in [-0.3, -0.25) is 0 Å². The van der Waals surface area contributed by atoms with Crippen LogP contribution in [0.25, 0.3) is 0 Å². The third-order valence-corrected chi connectivity index (χ3v) is 2.57. The van der Waals surface area contributed by atoms with Gasteiger partial charge in [-0.1, -0.05) is 18.2 Å². The first-order valence-corrected chi connectivity index (χ1v) is 4.97. The van der Waals surface area contributed by atoms with Crippen molar-refractivity contribution in [3.63, 3.8) is 0 Å². The van der Waals surface area contributed by atoms with Crippen molar-refractivity contribution in [3.8, 4) is 0 Å². The minimum absolute atomic E-state index is 0.948. The highest BCUT2D eigenvalue weighted by atomic mass is 15.3. The minimum Gasteiger partial charge on any atom is -0.320 e. The maximum Gasteiger partial charge on any atom is 0.209 e. The number of para-hydroxylation sites is 1. The number of rotatable bonds is 2. The second-order valence-electron chi connectivity index (χ2n) is 3.68. The fourth-order valence-corrected chi connectivity index (χ4v) is 1.73. The van der Waals surface area contributed by atoms with Crippen LogP contribution in [-0.2, 0) is 7.05 Å². The van der Waals surface area contributed by atoms with Gasteiger partial charge in [-0.05, 0) is 18.6 Å². The summed E-state index contributed by atoms with van der Waals surface area (Å²) in [6.45, 7) is 2.11. The fourth-order valence-electron chi connectivity index (χ4n) is 1.73. The predicted octanol–water partition coefficient (Wildman–Crippen LogP) is 2.50. The molecule has 1 aromatic carbocycles. The number of imidazole rings is 1. The van der Waals surface area contributed by atoms with Crippen molar-refractivity contribution in [2.75, 3.05) is 11.9 Å². The van der Waals surface area contributed by atoms with E-state index in [0.717, 1.165) is 5.95 Å². The number of hydrogen-bond acceptors (Lipinski definition) is 2. The van der Waals surface area contributed by atoms with Crippen molar-refractivity contribution < 1.29 is 0 Å². The molecule has 0 aliphatic rings. The molecule has 0 radical (unpaired) electrons. The molecular formula is C12H15N3. The molecule has 0 saturated heterocycles. The van der Waals surface area contributed by atoms with E-state index in [1.54, 1.807) is 0 Å². The monoisotopic (exact) mass is 201 g/mol. The average molecular weight is 201 g/mol. The number of aryl methyl sites for hydroxylation is 2. The van der Waals surface area contributed by atoms with E-state index < -0.39 is 0 Å². The summed E-state index contributed by atoms with van der Waals surface area (Å²) in [6.07, 6.45) is 3.76. The van der Waals surface area contributed by atoms with Gasteiger partial charge in [0.25, 0.3) is 0 Å². The summed E-state index contributed by atoms with van der Waals surface area (Å²) in [4.78, 5) is 6.41. The predicted molar refractivity (Wildman–Crippen MR) is 62.5 cm³/mol. The van der Waals surface area contributed by atoms with Crippen LogP contribution in [0.15, 0.2) is 36.7 Å². The number of anilines is 2.